The Morgan fingerprint density at radius 1 is 0.475 bits per heavy atom. The molecular weight excluding hydrogens is 516 g/mol. The molecule has 10 nitrogen and oxygen atoms in total. The van der Waals surface area contributed by atoms with Crippen LogP contribution in [0.2, 0.25) is 0 Å². The third-order valence-electron chi connectivity index (χ3n) is 6.60. The van der Waals surface area contributed by atoms with E-state index in [9.17, 15) is 40.9 Å². The Morgan fingerprint density at radius 2 is 0.800 bits per heavy atom. The van der Waals surface area contributed by atoms with E-state index in [4.69, 9.17) is 0 Å². The molecule has 0 amide bonds. The average molecular weight is 551 g/mol. The van der Waals surface area contributed by atoms with Crippen LogP contribution >= 0.6 is 0 Å². The fourth-order valence-corrected chi connectivity index (χ4v) is 3.79. The van der Waals surface area contributed by atoms with Crippen LogP contribution in [0.25, 0.3) is 21.5 Å². The Hall–Kier alpha value is -3.90. The number of phenols is 2. The summed E-state index contributed by atoms with van der Waals surface area (Å²) in [5.41, 5.74) is -1.71. The summed E-state index contributed by atoms with van der Waals surface area (Å²) < 4.78 is 0. The van der Waals surface area contributed by atoms with Crippen LogP contribution in [0.3, 0.4) is 0 Å². The second-order valence-corrected chi connectivity index (χ2v) is 9.35. The summed E-state index contributed by atoms with van der Waals surface area (Å²) in [6, 6.07) is 21.7. The lowest BCUT2D eigenvalue weighted by atomic mass is 10.0. The maximum absolute atomic E-state index is 9.94. The van der Waals surface area contributed by atoms with Crippen molar-refractivity contribution in [3.05, 3.63) is 83.9 Å². The van der Waals surface area contributed by atoms with Gasteiger partial charge in [-0.1, -0.05) is 60.7 Å². The molecule has 0 fully saturated rings. The number of aromatic hydroxyl groups is 2. The molecule has 0 saturated carbocycles. The maximum atomic E-state index is 9.94. The Bertz CT molecular complexity index is 1340. The van der Waals surface area contributed by atoms with Gasteiger partial charge < -0.3 is 40.9 Å². The molecule has 0 saturated heterocycles. The predicted molar refractivity (Wildman–Crippen MR) is 154 cm³/mol. The monoisotopic (exact) mass is 550 g/mol. The zero-order valence-electron chi connectivity index (χ0n) is 21.8. The molecule has 40 heavy (non-hydrogen) atoms. The van der Waals surface area contributed by atoms with Crippen LogP contribution in [0.5, 0.6) is 11.5 Å². The van der Waals surface area contributed by atoms with Gasteiger partial charge in [0.05, 0.1) is 39.6 Å². The lowest BCUT2D eigenvalue weighted by Crippen LogP contribution is -2.39. The van der Waals surface area contributed by atoms with Crippen LogP contribution in [0.15, 0.2) is 82.8 Å². The number of hydrogen-bond donors (Lipinski definition) is 8. The summed E-state index contributed by atoms with van der Waals surface area (Å²) in [7, 11) is 0. The quantitative estimate of drug-likeness (QED) is 0.136. The molecule has 0 radical (unpaired) electrons. The van der Waals surface area contributed by atoms with Gasteiger partial charge in [0.2, 0.25) is 0 Å². The highest BCUT2D eigenvalue weighted by Crippen LogP contribution is 2.27. The molecule has 0 bridgehead atoms. The molecule has 0 aliphatic rings. The van der Waals surface area contributed by atoms with E-state index in [1.54, 1.807) is 24.3 Å². The number of nitrogens with zero attached hydrogens (tertiary/aromatic N) is 2. The van der Waals surface area contributed by atoms with Crippen molar-refractivity contribution in [2.45, 2.75) is 11.1 Å². The average Bonchev–Trinajstić information content (AvgIpc) is 3.01. The SMILES string of the molecule is OCC(CO)(CO)N=Cc1c(O)ccc2ccccc12.OCC(CO)(CO)N=Cc1c(O)ccc2ccccc12. The van der Waals surface area contributed by atoms with Crippen molar-refractivity contribution in [1.29, 1.82) is 0 Å². The van der Waals surface area contributed by atoms with Crippen LogP contribution in [0, 0.1) is 0 Å². The van der Waals surface area contributed by atoms with Crippen molar-refractivity contribution in [3.63, 3.8) is 0 Å². The third-order valence-corrected chi connectivity index (χ3v) is 6.60. The van der Waals surface area contributed by atoms with Gasteiger partial charge >= 0.3 is 0 Å². The Balaban J connectivity index is 0.000000220. The Morgan fingerprint density at radius 3 is 1.12 bits per heavy atom. The van der Waals surface area contributed by atoms with Gasteiger partial charge in [-0.3, -0.25) is 9.98 Å². The predicted octanol–water partition coefficient (Wildman–Crippen LogP) is 1.36. The molecule has 0 atom stereocenters. The first-order valence-electron chi connectivity index (χ1n) is 12.5. The van der Waals surface area contributed by atoms with Gasteiger partial charge in [-0.2, -0.15) is 0 Å². The van der Waals surface area contributed by atoms with E-state index in [0.29, 0.717) is 11.1 Å². The molecule has 4 aromatic carbocycles. The summed E-state index contributed by atoms with van der Waals surface area (Å²) in [6.45, 7) is -2.90. The molecule has 0 spiro atoms. The highest BCUT2D eigenvalue weighted by Gasteiger charge is 2.27. The van der Waals surface area contributed by atoms with Crippen molar-refractivity contribution in [1.82, 2.24) is 0 Å². The normalized spacial score (nSPS) is 12.3. The van der Waals surface area contributed by atoms with Crippen molar-refractivity contribution >= 4 is 34.0 Å². The minimum atomic E-state index is -1.34. The van der Waals surface area contributed by atoms with Crippen LogP contribution in [0.1, 0.15) is 11.1 Å². The van der Waals surface area contributed by atoms with Crippen molar-refractivity contribution in [2.75, 3.05) is 39.6 Å². The van der Waals surface area contributed by atoms with Gasteiger partial charge in [0, 0.05) is 23.6 Å². The lowest BCUT2D eigenvalue weighted by molar-refractivity contribution is 0.0715. The molecule has 10 heteroatoms. The zero-order valence-corrected chi connectivity index (χ0v) is 21.8. The molecule has 0 heterocycles. The van der Waals surface area contributed by atoms with Gasteiger partial charge in [0.1, 0.15) is 22.6 Å². The van der Waals surface area contributed by atoms with E-state index >= 15 is 0 Å². The molecule has 0 aliphatic heterocycles. The van der Waals surface area contributed by atoms with E-state index < -0.39 is 50.7 Å². The standard InChI is InChI=1S/2C15H17NO4/c2*17-8-15(9-18,10-19)16-7-13-12-4-2-1-3-11(12)5-6-14(13)20/h2*1-7,17-20H,8-10H2. The molecule has 4 aromatic rings. The van der Waals surface area contributed by atoms with Gasteiger partial charge in [0.15, 0.2) is 0 Å². The fourth-order valence-electron chi connectivity index (χ4n) is 3.79. The fraction of sp³-hybridized carbons (Fsp3) is 0.267. The number of hydrogen-bond acceptors (Lipinski definition) is 10. The van der Waals surface area contributed by atoms with E-state index in [1.807, 2.05) is 48.5 Å². The number of benzene rings is 4. The summed E-state index contributed by atoms with van der Waals surface area (Å²) in [5.74, 6) is 0.102. The molecule has 4 rings (SSSR count). The van der Waals surface area contributed by atoms with Crippen molar-refractivity contribution < 1.29 is 40.9 Å². The smallest absolute Gasteiger partial charge is 0.129 e. The van der Waals surface area contributed by atoms with Crippen LogP contribution in [0.4, 0.5) is 0 Å². The Labute approximate surface area is 231 Å². The molecule has 0 aliphatic carbocycles. The summed E-state index contributed by atoms with van der Waals surface area (Å²) in [4.78, 5) is 8.11. The maximum Gasteiger partial charge on any atom is 0.129 e. The van der Waals surface area contributed by atoms with E-state index in [2.05, 4.69) is 9.98 Å². The van der Waals surface area contributed by atoms with E-state index in [1.165, 1.54) is 12.4 Å². The number of aliphatic hydroxyl groups is 6. The lowest BCUT2D eigenvalue weighted by Gasteiger charge is -2.22. The number of phenolic OH excluding ortho intramolecular Hbond substituents is 2. The van der Waals surface area contributed by atoms with Gasteiger partial charge in [-0.15, -0.1) is 0 Å². The van der Waals surface area contributed by atoms with Gasteiger partial charge in [-0.05, 0) is 33.7 Å². The van der Waals surface area contributed by atoms with Gasteiger partial charge in [-0.25, -0.2) is 0 Å². The molecule has 8 N–H and O–H groups in total. The van der Waals surface area contributed by atoms with Crippen molar-refractivity contribution in [2.24, 2.45) is 9.98 Å². The van der Waals surface area contributed by atoms with Gasteiger partial charge in [0.25, 0.3) is 0 Å². The highest BCUT2D eigenvalue weighted by molar-refractivity contribution is 6.03. The van der Waals surface area contributed by atoms with E-state index in [-0.39, 0.29) is 11.5 Å². The highest BCUT2D eigenvalue weighted by atomic mass is 16.3. The van der Waals surface area contributed by atoms with Crippen LogP contribution in [-0.2, 0) is 0 Å². The van der Waals surface area contributed by atoms with Crippen LogP contribution < -0.4 is 0 Å². The second-order valence-electron chi connectivity index (χ2n) is 9.35. The first-order valence-corrected chi connectivity index (χ1v) is 12.5. The number of aliphatic hydroxyl groups excluding tert-OH is 6. The minimum Gasteiger partial charge on any atom is -0.507 e. The zero-order chi connectivity index (χ0) is 29.2. The molecule has 0 aromatic heterocycles. The minimum absolute atomic E-state index is 0.0511. The Kier molecular flexibility index (Phi) is 10.7. The van der Waals surface area contributed by atoms with Crippen LogP contribution in [-0.4, -0.2) is 104 Å². The third kappa shape index (κ3) is 6.80. The molecular formula is C30H34N2O8. The number of fused-ring (bicyclic) bond motifs is 2. The topological polar surface area (TPSA) is 187 Å². The summed E-state index contributed by atoms with van der Waals surface area (Å²) in [6.07, 6.45) is 2.75. The first-order chi connectivity index (χ1) is 19.3. The summed E-state index contributed by atoms with van der Waals surface area (Å²) in [5, 5.41) is 78.8. The molecule has 0 unspecified atom stereocenters. The number of aliphatic imine (C=N–C) groups is 2. The summed E-state index contributed by atoms with van der Waals surface area (Å²) >= 11 is 0. The van der Waals surface area contributed by atoms with E-state index in [0.717, 1.165) is 21.5 Å². The molecule has 212 valence electrons. The number of rotatable bonds is 10. The second kappa shape index (κ2) is 13.9. The van der Waals surface area contributed by atoms with Crippen molar-refractivity contribution in [3.8, 4) is 11.5 Å². The largest absolute Gasteiger partial charge is 0.507 e. The first kappa shape index (κ1) is 30.6.